The quantitative estimate of drug-likeness (QED) is 0.641. The van der Waals surface area contributed by atoms with Crippen molar-refractivity contribution in [2.75, 3.05) is 7.05 Å². The Kier molecular flexibility index (Phi) is 5.04. The van der Waals surface area contributed by atoms with E-state index < -0.39 is 10.0 Å². The predicted octanol–water partition coefficient (Wildman–Crippen LogP) is 3.36. The van der Waals surface area contributed by atoms with Crippen LogP contribution in [0.4, 0.5) is 0 Å². The Hall–Kier alpha value is -2.87. The summed E-state index contributed by atoms with van der Waals surface area (Å²) in [6.45, 7) is 1.88. The van der Waals surface area contributed by atoms with E-state index in [1.807, 2.05) is 13.0 Å². The summed E-state index contributed by atoms with van der Waals surface area (Å²) in [6, 6.07) is 6.63. The molecule has 0 spiro atoms. The minimum Gasteiger partial charge on any atom is -0.418 e. The molecule has 1 aliphatic carbocycles. The molecule has 3 aromatic heterocycles. The third-order valence-electron chi connectivity index (χ3n) is 4.44. The lowest BCUT2D eigenvalue weighted by atomic mass is 10.1. The highest BCUT2D eigenvalue weighted by Crippen LogP contribution is 2.44. The highest BCUT2D eigenvalue weighted by atomic mass is 32.2. The fraction of sp³-hybridized carbons (Fsp3) is 0.263. The molecular weight excluding hydrogens is 410 g/mol. The van der Waals surface area contributed by atoms with Gasteiger partial charge in [0.25, 0.3) is 0 Å². The van der Waals surface area contributed by atoms with Crippen LogP contribution in [0.25, 0.3) is 11.3 Å². The average molecular weight is 428 g/mol. The molecule has 0 radical (unpaired) electrons. The molecule has 0 aliphatic heterocycles. The van der Waals surface area contributed by atoms with Crippen molar-refractivity contribution in [2.24, 2.45) is 0 Å². The zero-order valence-corrected chi connectivity index (χ0v) is 17.3. The molecule has 1 saturated carbocycles. The molecule has 4 rings (SSSR count). The number of thiazole rings is 1. The van der Waals surface area contributed by atoms with Gasteiger partial charge in [-0.3, -0.25) is 4.98 Å². The lowest BCUT2D eigenvalue weighted by Crippen LogP contribution is -2.19. The first-order valence-corrected chi connectivity index (χ1v) is 11.2. The van der Waals surface area contributed by atoms with Crippen LogP contribution in [0.3, 0.4) is 0 Å². The van der Waals surface area contributed by atoms with Crippen LogP contribution >= 0.6 is 11.3 Å². The van der Waals surface area contributed by atoms with E-state index in [-0.39, 0.29) is 10.8 Å². The summed E-state index contributed by atoms with van der Waals surface area (Å²) in [4.78, 5) is 13.7. The van der Waals surface area contributed by atoms with Gasteiger partial charge in [0.2, 0.25) is 21.8 Å². The topological polar surface area (TPSA) is 118 Å². The normalized spacial score (nSPS) is 13.8. The summed E-state index contributed by atoms with van der Waals surface area (Å²) < 4.78 is 33.1. The van der Waals surface area contributed by atoms with Crippen molar-refractivity contribution < 1.29 is 13.2 Å². The van der Waals surface area contributed by atoms with Gasteiger partial charge in [-0.2, -0.15) is 5.26 Å². The van der Waals surface area contributed by atoms with E-state index in [0.717, 1.165) is 22.7 Å². The Morgan fingerprint density at radius 3 is 2.72 bits per heavy atom. The van der Waals surface area contributed by atoms with Gasteiger partial charge in [-0.25, -0.2) is 23.1 Å². The minimum absolute atomic E-state index is 0.0741. The number of hydrogen-bond acceptors (Lipinski definition) is 8. The third-order valence-corrected chi connectivity index (χ3v) is 6.98. The van der Waals surface area contributed by atoms with Crippen LogP contribution in [0.15, 0.2) is 35.5 Å². The molecular formula is C19H17N5O3S2. The Morgan fingerprint density at radius 2 is 2.03 bits per heavy atom. The summed E-state index contributed by atoms with van der Waals surface area (Å²) in [6.07, 6.45) is 5.22. The lowest BCUT2D eigenvalue weighted by molar-refractivity contribution is 0.429. The van der Waals surface area contributed by atoms with Crippen molar-refractivity contribution in [3.8, 4) is 29.1 Å². The Balaban J connectivity index is 1.79. The van der Waals surface area contributed by atoms with Gasteiger partial charge >= 0.3 is 0 Å². The van der Waals surface area contributed by atoms with Crippen molar-refractivity contribution >= 4 is 21.4 Å². The average Bonchev–Trinajstić information content (AvgIpc) is 3.52. The smallest absolute Gasteiger partial charge is 0.245 e. The van der Waals surface area contributed by atoms with Gasteiger partial charge in [-0.15, -0.1) is 11.3 Å². The summed E-state index contributed by atoms with van der Waals surface area (Å²) in [5.41, 5.74) is 1.40. The number of ether oxygens (including phenoxy) is 1. The number of aromatic nitrogens is 3. The highest BCUT2D eigenvalue weighted by molar-refractivity contribution is 7.89. The molecule has 1 N–H and O–H groups in total. The van der Waals surface area contributed by atoms with Crippen LogP contribution in [0.5, 0.6) is 11.8 Å². The second kappa shape index (κ2) is 7.51. The minimum atomic E-state index is -3.80. The molecule has 1 fully saturated rings. The van der Waals surface area contributed by atoms with E-state index in [1.165, 1.54) is 19.3 Å². The largest absolute Gasteiger partial charge is 0.418 e. The standard InChI is InChI=1S/C19H17N5O3S2/c1-11-17(24-19(28-11)13-3-4-13)27-18-16(29(25,26)21-2)6-5-15(23-18)14-7-12(8-20)9-22-10-14/h5-7,9-10,13,21H,3-4H2,1-2H3. The van der Waals surface area contributed by atoms with Gasteiger partial charge in [0.1, 0.15) is 16.0 Å². The Morgan fingerprint density at radius 1 is 1.24 bits per heavy atom. The third kappa shape index (κ3) is 3.98. The Bertz CT molecular complexity index is 1230. The van der Waals surface area contributed by atoms with E-state index in [4.69, 9.17) is 10.00 Å². The van der Waals surface area contributed by atoms with Crippen LogP contribution in [0.1, 0.15) is 34.2 Å². The van der Waals surface area contributed by atoms with Gasteiger partial charge in [0, 0.05) is 23.9 Å². The molecule has 29 heavy (non-hydrogen) atoms. The van der Waals surface area contributed by atoms with Crippen molar-refractivity contribution in [1.82, 2.24) is 19.7 Å². The van der Waals surface area contributed by atoms with Gasteiger partial charge < -0.3 is 4.74 Å². The zero-order chi connectivity index (χ0) is 20.6. The maximum atomic E-state index is 12.5. The monoisotopic (exact) mass is 427 g/mol. The van der Waals surface area contributed by atoms with Crippen LogP contribution in [0, 0.1) is 18.3 Å². The van der Waals surface area contributed by atoms with E-state index in [9.17, 15) is 8.42 Å². The van der Waals surface area contributed by atoms with Crippen molar-refractivity contribution in [3.63, 3.8) is 0 Å². The number of aryl methyl sites for hydroxylation is 1. The summed E-state index contributed by atoms with van der Waals surface area (Å²) in [5, 5.41) is 10.1. The van der Waals surface area contributed by atoms with Crippen molar-refractivity contribution in [2.45, 2.75) is 30.6 Å². The number of nitrogens with one attached hydrogen (secondary N) is 1. The number of nitriles is 1. The van der Waals surface area contributed by atoms with Crippen molar-refractivity contribution in [3.05, 3.63) is 46.0 Å². The first kappa shape index (κ1) is 19.4. The number of sulfonamides is 1. The molecule has 0 saturated heterocycles. The summed E-state index contributed by atoms with van der Waals surface area (Å²) >= 11 is 1.55. The molecule has 8 nitrogen and oxygen atoms in total. The second-order valence-corrected chi connectivity index (χ2v) is 9.66. The number of pyridine rings is 2. The second-order valence-electron chi connectivity index (χ2n) is 6.57. The molecule has 1 aliphatic rings. The highest BCUT2D eigenvalue weighted by Gasteiger charge is 2.29. The SMILES string of the molecule is CNS(=O)(=O)c1ccc(-c2cncc(C#N)c2)nc1Oc1nc(C2CC2)sc1C. The van der Waals surface area contributed by atoms with Gasteiger partial charge in [-0.05, 0) is 45.0 Å². The van der Waals surface area contributed by atoms with E-state index in [2.05, 4.69) is 19.7 Å². The van der Waals surface area contributed by atoms with Gasteiger partial charge in [0.05, 0.1) is 16.1 Å². The molecule has 3 heterocycles. The van der Waals surface area contributed by atoms with Crippen LogP contribution in [-0.4, -0.2) is 30.4 Å². The Labute approximate surface area is 172 Å². The van der Waals surface area contributed by atoms with Crippen LogP contribution < -0.4 is 9.46 Å². The van der Waals surface area contributed by atoms with Gasteiger partial charge in [0.15, 0.2) is 0 Å². The lowest BCUT2D eigenvalue weighted by Gasteiger charge is -2.11. The molecule has 0 aromatic carbocycles. The van der Waals surface area contributed by atoms with Crippen LogP contribution in [0.2, 0.25) is 0 Å². The summed E-state index contributed by atoms with van der Waals surface area (Å²) in [5.74, 6) is 0.753. The maximum absolute atomic E-state index is 12.5. The molecule has 3 aromatic rings. The molecule has 0 bridgehead atoms. The molecule has 148 valence electrons. The number of rotatable bonds is 6. The first-order chi connectivity index (χ1) is 13.9. The molecule has 10 heteroatoms. The van der Waals surface area contributed by atoms with Crippen molar-refractivity contribution in [1.29, 1.82) is 5.26 Å². The zero-order valence-electron chi connectivity index (χ0n) is 15.7. The van der Waals surface area contributed by atoms with E-state index in [0.29, 0.717) is 28.6 Å². The van der Waals surface area contributed by atoms with Gasteiger partial charge in [-0.1, -0.05) is 0 Å². The molecule has 0 amide bonds. The van der Waals surface area contributed by atoms with Crippen LogP contribution in [-0.2, 0) is 10.0 Å². The fourth-order valence-corrected chi connectivity index (χ4v) is 4.51. The predicted molar refractivity (Wildman–Crippen MR) is 107 cm³/mol. The number of nitrogens with zero attached hydrogens (tertiary/aromatic N) is 4. The first-order valence-electron chi connectivity index (χ1n) is 8.86. The maximum Gasteiger partial charge on any atom is 0.245 e. The number of hydrogen-bond donors (Lipinski definition) is 1. The van der Waals surface area contributed by atoms with E-state index in [1.54, 1.807) is 29.7 Å². The van der Waals surface area contributed by atoms with E-state index >= 15 is 0 Å². The summed E-state index contributed by atoms with van der Waals surface area (Å²) in [7, 11) is -2.47. The molecule has 0 unspecified atom stereocenters. The molecule has 0 atom stereocenters. The fourth-order valence-electron chi connectivity index (χ4n) is 2.71.